The second kappa shape index (κ2) is 8.40. The maximum Gasteiger partial charge on any atom is 0.253 e. The predicted molar refractivity (Wildman–Crippen MR) is 109 cm³/mol. The van der Waals surface area contributed by atoms with Gasteiger partial charge in [0.2, 0.25) is 0 Å². The first-order valence-corrected chi connectivity index (χ1v) is 9.60. The number of hydrogen-bond donors (Lipinski definition) is 0. The SMILES string of the molecule is COCCOc1ccc(C(=O)N2CCC(c3cc4ccccc4cn3)C2)cc1. The number of benzene rings is 2. The largest absolute Gasteiger partial charge is 0.491 e. The van der Waals surface area contributed by atoms with Gasteiger partial charge in [0.15, 0.2) is 0 Å². The molecular weight excluding hydrogens is 352 g/mol. The zero-order chi connectivity index (χ0) is 19.3. The van der Waals surface area contributed by atoms with Crippen LogP contribution >= 0.6 is 0 Å². The molecule has 5 nitrogen and oxygen atoms in total. The number of methoxy groups -OCH3 is 1. The summed E-state index contributed by atoms with van der Waals surface area (Å²) in [5, 5.41) is 2.34. The number of ether oxygens (including phenoxy) is 2. The molecule has 1 unspecified atom stereocenters. The Hall–Kier alpha value is -2.92. The van der Waals surface area contributed by atoms with E-state index >= 15 is 0 Å². The third-order valence-corrected chi connectivity index (χ3v) is 5.20. The van der Waals surface area contributed by atoms with Crippen LogP contribution in [0, 0.1) is 0 Å². The van der Waals surface area contributed by atoms with Crippen molar-refractivity contribution in [2.45, 2.75) is 12.3 Å². The van der Waals surface area contributed by atoms with Crippen LogP contribution in [0.1, 0.15) is 28.4 Å². The standard InChI is InChI=1S/C23H24N2O3/c1-27-12-13-28-21-8-6-17(7-9-21)23(26)25-11-10-20(16-25)22-14-18-4-2-3-5-19(18)15-24-22/h2-9,14-15,20H,10-13,16H2,1H3. The molecular formula is C23H24N2O3. The number of amides is 1. The number of carbonyl (C=O) groups is 1. The molecule has 0 radical (unpaired) electrons. The van der Waals surface area contributed by atoms with Gasteiger partial charge in [0, 0.05) is 49.0 Å². The van der Waals surface area contributed by atoms with E-state index in [1.165, 1.54) is 5.39 Å². The van der Waals surface area contributed by atoms with Crippen molar-refractivity contribution in [1.82, 2.24) is 9.88 Å². The Morgan fingerprint density at radius 3 is 2.68 bits per heavy atom. The molecule has 2 aromatic carbocycles. The van der Waals surface area contributed by atoms with Gasteiger partial charge in [-0.05, 0) is 42.1 Å². The second-order valence-electron chi connectivity index (χ2n) is 7.06. The van der Waals surface area contributed by atoms with Crippen molar-refractivity contribution in [2.75, 3.05) is 33.4 Å². The van der Waals surface area contributed by atoms with Crippen LogP contribution in [0.15, 0.2) is 60.8 Å². The molecule has 1 amide bonds. The van der Waals surface area contributed by atoms with E-state index in [4.69, 9.17) is 9.47 Å². The average molecular weight is 376 g/mol. The number of aromatic nitrogens is 1. The Morgan fingerprint density at radius 1 is 1.11 bits per heavy atom. The molecule has 0 spiro atoms. The van der Waals surface area contributed by atoms with Gasteiger partial charge in [-0.25, -0.2) is 0 Å². The molecule has 1 aliphatic rings. The minimum Gasteiger partial charge on any atom is -0.491 e. The number of hydrogen-bond acceptors (Lipinski definition) is 4. The zero-order valence-corrected chi connectivity index (χ0v) is 16.0. The molecule has 0 N–H and O–H groups in total. The number of rotatable bonds is 6. The Morgan fingerprint density at radius 2 is 1.89 bits per heavy atom. The lowest BCUT2D eigenvalue weighted by atomic mass is 10.0. The summed E-state index contributed by atoms with van der Waals surface area (Å²) in [6, 6.07) is 17.7. The van der Waals surface area contributed by atoms with Crippen LogP contribution in [0.25, 0.3) is 10.8 Å². The van der Waals surface area contributed by atoms with E-state index in [1.54, 1.807) is 7.11 Å². The zero-order valence-electron chi connectivity index (χ0n) is 16.0. The van der Waals surface area contributed by atoms with Crippen LogP contribution in [0.3, 0.4) is 0 Å². The topological polar surface area (TPSA) is 51.7 Å². The lowest BCUT2D eigenvalue weighted by Crippen LogP contribution is -2.28. The summed E-state index contributed by atoms with van der Waals surface area (Å²) in [6.07, 6.45) is 2.87. The van der Waals surface area contributed by atoms with Gasteiger partial charge < -0.3 is 14.4 Å². The fourth-order valence-corrected chi connectivity index (χ4v) is 3.63. The van der Waals surface area contributed by atoms with Crippen molar-refractivity contribution in [3.63, 3.8) is 0 Å². The van der Waals surface area contributed by atoms with Crippen LogP contribution in [-0.4, -0.2) is 49.2 Å². The van der Waals surface area contributed by atoms with E-state index < -0.39 is 0 Å². The van der Waals surface area contributed by atoms with Gasteiger partial charge in [0.25, 0.3) is 5.91 Å². The summed E-state index contributed by atoms with van der Waals surface area (Å²) in [5.41, 5.74) is 1.75. The highest BCUT2D eigenvalue weighted by atomic mass is 16.5. The predicted octanol–water partition coefficient (Wildman–Crippen LogP) is 3.89. The van der Waals surface area contributed by atoms with Crippen molar-refractivity contribution in [3.05, 3.63) is 72.1 Å². The maximum absolute atomic E-state index is 12.9. The van der Waals surface area contributed by atoms with Gasteiger partial charge in [-0.3, -0.25) is 9.78 Å². The third kappa shape index (κ3) is 3.99. The molecule has 28 heavy (non-hydrogen) atoms. The number of nitrogens with zero attached hydrogens (tertiary/aromatic N) is 2. The first-order valence-electron chi connectivity index (χ1n) is 9.60. The Kier molecular flexibility index (Phi) is 5.53. The van der Waals surface area contributed by atoms with Crippen LogP contribution < -0.4 is 4.74 Å². The summed E-state index contributed by atoms with van der Waals surface area (Å²) in [6.45, 7) is 2.50. The van der Waals surface area contributed by atoms with E-state index in [9.17, 15) is 4.79 Å². The molecule has 0 aliphatic carbocycles. The molecule has 1 fully saturated rings. The van der Waals surface area contributed by atoms with Gasteiger partial charge in [-0.15, -0.1) is 0 Å². The summed E-state index contributed by atoms with van der Waals surface area (Å²) < 4.78 is 10.5. The Bertz CT molecular complexity index is 955. The third-order valence-electron chi connectivity index (χ3n) is 5.20. The van der Waals surface area contributed by atoms with Crippen molar-refractivity contribution in [3.8, 4) is 5.75 Å². The van der Waals surface area contributed by atoms with Crippen LogP contribution in [0.2, 0.25) is 0 Å². The summed E-state index contributed by atoms with van der Waals surface area (Å²) in [5.74, 6) is 1.09. The number of fused-ring (bicyclic) bond motifs is 1. The fourth-order valence-electron chi connectivity index (χ4n) is 3.63. The molecule has 1 atom stereocenters. The summed E-state index contributed by atoms with van der Waals surface area (Å²) >= 11 is 0. The van der Waals surface area contributed by atoms with E-state index in [0.717, 1.165) is 29.8 Å². The minimum absolute atomic E-state index is 0.0618. The van der Waals surface area contributed by atoms with Gasteiger partial charge in [-0.2, -0.15) is 0 Å². The lowest BCUT2D eigenvalue weighted by Gasteiger charge is -2.17. The molecule has 5 heteroatoms. The van der Waals surface area contributed by atoms with Gasteiger partial charge in [-0.1, -0.05) is 24.3 Å². The fraction of sp³-hybridized carbons (Fsp3) is 0.304. The normalized spacial score (nSPS) is 16.5. The highest BCUT2D eigenvalue weighted by Crippen LogP contribution is 2.29. The molecule has 1 aromatic heterocycles. The molecule has 1 aliphatic heterocycles. The van der Waals surface area contributed by atoms with Crippen molar-refractivity contribution < 1.29 is 14.3 Å². The highest BCUT2D eigenvalue weighted by molar-refractivity contribution is 5.94. The lowest BCUT2D eigenvalue weighted by molar-refractivity contribution is 0.0790. The molecule has 0 saturated carbocycles. The van der Waals surface area contributed by atoms with Crippen molar-refractivity contribution >= 4 is 16.7 Å². The van der Waals surface area contributed by atoms with Crippen LogP contribution in [0.5, 0.6) is 5.75 Å². The van der Waals surface area contributed by atoms with E-state index in [2.05, 4.69) is 23.2 Å². The molecule has 144 valence electrons. The monoisotopic (exact) mass is 376 g/mol. The number of carbonyl (C=O) groups excluding carboxylic acids is 1. The average Bonchev–Trinajstić information content (AvgIpc) is 3.24. The molecule has 0 bridgehead atoms. The van der Waals surface area contributed by atoms with Gasteiger partial charge in [0.1, 0.15) is 12.4 Å². The summed E-state index contributed by atoms with van der Waals surface area (Å²) in [7, 11) is 1.64. The van der Waals surface area contributed by atoms with Crippen LogP contribution in [0.4, 0.5) is 0 Å². The molecule has 2 heterocycles. The summed E-state index contributed by atoms with van der Waals surface area (Å²) in [4.78, 5) is 19.4. The Balaban J connectivity index is 1.40. The quantitative estimate of drug-likeness (QED) is 0.613. The van der Waals surface area contributed by atoms with Gasteiger partial charge >= 0.3 is 0 Å². The first-order chi connectivity index (χ1) is 13.7. The first kappa shape index (κ1) is 18.4. The maximum atomic E-state index is 12.9. The second-order valence-corrected chi connectivity index (χ2v) is 7.06. The van der Waals surface area contributed by atoms with Crippen molar-refractivity contribution in [2.24, 2.45) is 0 Å². The molecule has 3 aromatic rings. The van der Waals surface area contributed by atoms with E-state index in [-0.39, 0.29) is 11.8 Å². The molecule has 1 saturated heterocycles. The highest BCUT2D eigenvalue weighted by Gasteiger charge is 2.28. The number of likely N-dealkylation sites (tertiary alicyclic amines) is 1. The number of pyridine rings is 1. The minimum atomic E-state index is 0.0618. The smallest absolute Gasteiger partial charge is 0.253 e. The van der Waals surface area contributed by atoms with Crippen molar-refractivity contribution in [1.29, 1.82) is 0 Å². The van der Waals surface area contributed by atoms with E-state index in [1.807, 2.05) is 47.5 Å². The molecule has 4 rings (SSSR count). The van der Waals surface area contributed by atoms with E-state index in [0.29, 0.717) is 25.3 Å². The Labute approximate surface area is 164 Å². The van der Waals surface area contributed by atoms with Crippen LogP contribution in [-0.2, 0) is 4.74 Å². The van der Waals surface area contributed by atoms with Gasteiger partial charge in [0.05, 0.1) is 6.61 Å².